The van der Waals surface area contributed by atoms with E-state index in [0.29, 0.717) is 35.9 Å². The second kappa shape index (κ2) is 4.52. The standard InChI is InChI=1S/C18H26F2O/c1-17-8-6-14-13-5-3-12(21)10-11(13)2-4-15(14)16(17)7-9-18(17,19)20/h11,13-16H,2-10H2,1H3/t11?,13-,14+,15+,16-,17-/m0/s1. The Morgan fingerprint density at radius 3 is 2.57 bits per heavy atom. The quantitative estimate of drug-likeness (QED) is 0.625. The van der Waals surface area contributed by atoms with Gasteiger partial charge in [-0.25, -0.2) is 8.78 Å². The molecule has 6 atom stereocenters. The Morgan fingerprint density at radius 1 is 0.952 bits per heavy atom. The van der Waals surface area contributed by atoms with E-state index in [1.165, 1.54) is 0 Å². The molecule has 4 aliphatic rings. The van der Waals surface area contributed by atoms with E-state index in [1.54, 1.807) is 0 Å². The third kappa shape index (κ3) is 1.88. The maximum Gasteiger partial charge on any atom is 0.253 e. The Bertz CT molecular complexity index is 460. The molecule has 1 nitrogen and oxygen atoms in total. The molecule has 4 rings (SSSR count). The van der Waals surface area contributed by atoms with Crippen LogP contribution in [0.1, 0.15) is 64.7 Å². The first kappa shape index (κ1) is 14.1. The number of carbonyl (C=O) groups is 1. The van der Waals surface area contributed by atoms with Crippen molar-refractivity contribution >= 4 is 5.78 Å². The van der Waals surface area contributed by atoms with Crippen LogP contribution in [0.3, 0.4) is 0 Å². The molecule has 0 bridgehead atoms. The summed E-state index contributed by atoms with van der Waals surface area (Å²) in [5.41, 5.74) is -0.745. The lowest BCUT2D eigenvalue weighted by Crippen LogP contribution is -2.51. The molecule has 0 aliphatic heterocycles. The summed E-state index contributed by atoms with van der Waals surface area (Å²) in [4.78, 5) is 11.7. The van der Waals surface area contributed by atoms with Gasteiger partial charge >= 0.3 is 0 Å². The molecule has 0 heterocycles. The van der Waals surface area contributed by atoms with Crippen LogP contribution in [0.25, 0.3) is 0 Å². The van der Waals surface area contributed by atoms with E-state index in [1.807, 2.05) is 6.92 Å². The fraction of sp³-hybridized carbons (Fsp3) is 0.944. The van der Waals surface area contributed by atoms with Gasteiger partial charge in [-0.2, -0.15) is 0 Å². The van der Waals surface area contributed by atoms with Crippen LogP contribution >= 0.6 is 0 Å². The van der Waals surface area contributed by atoms with Gasteiger partial charge in [0.1, 0.15) is 5.78 Å². The molecule has 0 aromatic heterocycles. The molecule has 4 aliphatic carbocycles. The van der Waals surface area contributed by atoms with Gasteiger partial charge in [0.25, 0.3) is 5.92 Å². The Hall–Kier alpha value is -0.470. The minimum Gasteiger partial charge on any atom is -0.300 e. The van der Waals surface area contributed by atoms with Crippen molar-refractivity contribution < 1.29 is 13.6 Å². The number of halogens is 2. The van der Waals surface area contributed by atoms with E-state index in [-0.39, 0.29) is 12.3 Å². The van der Waals surface area contributed by atoms with Crippen LogP contribution in [0.4, 0.5) is 8.78 Å². The third-order valence-corrected chi connectivity index (χ3v) is 7.76. The highest BCUT2D eigenvalue weighted by Crippen LogP contribution is 2.66. The first-order valence-electron chi connectivity index (χ1n) is 8.82. The van der Waals surface area contributed by atoms with Crippen molar-refractivity contribution in [3.05, 3.63) is 0 Å². The van der Waals surface area contributed by atoms with Crippen molar-refractivity contribution in [2.75, 3.05) is 0 Å². The summed E-state index contributed by atoms with van der Waals surface area (Å²) in [6, 6.07) is 0. The average molecular weight is 296 g/mol. The lowest BCUT2D eigenvalue weighted by molar-refractivity contribution is -0.154. The second-order valence-corrected chi connectivity index (χ2v) is 8.42. The summed E-state index contributed by atoms with van der Waals surface area (Å²) in [6.07, 6.45) is 7.24. The Labute approximate surface area is 125 Å². The molecule has 118 valence electrons. The van der Waals surface area contributed by atoms with Gasteiger partial charge in [-0.05, 0) is 68.1 Å². The van der Waals surface area contributed by atoms with E-state index in [9.17, 15) is 13.6 Å². The predicted octanol–water partition coefficient (Wildman–Crippen LogP) is 4.84. The minimum absolute atomic E-state index is 0.101. The molecule has 0 amide bonds. The van der Waals surface area contributed by atoms with Crippen LogP contribution in [0, 0.1) is 35.0 Å². The van der Waals surface area contributed by atoms with Crippen molar-refractivity contribution in [2.24, 2.45) is 35.0 Å². The summed E-state index contributed by atoms with van der Waals surface area (Å²) in [6.45, 7) is 1.86. The zero-order chi connectivity index (χ0) is 14.8. The van der Waals surface area contributed by atoms with Gasteiger partial charge in [0.05, 0.1) is 0 Å². The highest BCUT2D eigenvalue weighted by molar-refractivity contribution is 5.79. The lowest BCUT2D eigenvalue weighted by Gasteiger charge is -2.55. The van der Waals surface area contributed by atoms with Crippen LogP contribution < -0.4 is 0 Å². The van der Waals surface area contributed by atoms with E-state index < -0.39 is 11.3 Å². The number of alkyl halides is 2. The minimum atomic E-state index is -2.46. The van der Waals surface area contributed by atoms with Gasteiger partial charge in [-0.1, -0.05) is 6.92 Å². The largest absolute Gasteiger partial charge is 0.300 e. The molecule has 21 heavy (non-hydrogen) atoms. The van der Waals surface area contributed by atoms with Crippen molar-refractivity contribution in [2.45, 2.75) is 70.6 Å². The topological polar surface area (TPSA) is 17.1 Å². The number of fused-ring (bicyclic) bond motifs is 5. The zero-order valence-electron chi connectivity index (χ0n) is 12.9. The first-order valence-corrected chi connectivity index (χ1v) is 8.82. The van der Waals surface area contributed by atoms with Gasteiger partial charge in [-0.3, -0.25) is 4.79 Å². The fourth-order valence-electron chi connectivity index (χ4n) is 6.59. The third-order valence-electron chi connectivity index (χ3n) is 7.76. The summed E-state index contributed by atoms with van der Waals surface area (Å²) in [5, 5.41) is 0. The normalized spacial score (nSPS) is 52.0. The number of carbonyl (C=O) groups excluding carboxylic acids is 1. The molecule has 4 saturated carbocycles. The van der Waals surface area contributed by atoms with Crippen LogP contribution in [-0.4, -0.2) is 11.7 Å². The first-order chi connectivity index (χ1) is 9.92. The maximum atomic E-state index is 14.4. The van der Waals surface area contributed by atoms with Crippen LogP contribution in [0.2, 0.25) is 0 Å². The van der Waals surface area contributed by atoms with Gasteiger partial charge in [0.15, 0.2) is 0 Å². The van der Waals surface area contributed by atoms with Crippen LogP contribution in [0.15, 0.2) is 0 Å². The summed E-state index contributed by atoms with van der Waals surface area (Å²) in [5.74, 6) is 0.559. The average Bonchev–Trinajstić information content (AvgIpc) is 2.69. The van der Waals surface area contributed by atoms with Crippen molar-refractivity contribution in [3.63, 3.8) is 0 Å². The molecule has 0 radical (unpaired) electrons. The van der Waals surface area contributed by atoms with Gasteiger partial charge in [-0.15, -0.1) is 0 Å². The molecule has 3 heteroatoms. The lowest BCUT2D eigenvalue weighted by atomic mass is 9.50. The summed E-state index contributed by atoms with van der Waals surface area (Å²) in [7, 11) is 0. The number of rotatable bonds is 0. The van der Waals surface area contributed by atoms with E-state index >= 15 is 0 Å². The van der Waals surface area contributed by atoms with Crippen molar-refractivity contribution in [1.29, 1.82) is 0 Å². The molecule has 0 aromatic carbocycles. The molecule has 0 saturated heterocycles. The Balaban J connectivity index is 1.60. The molecular weight excluding hydrogens is 270 g/mol. The molecule has 1 unspecified atom stereocenters. The van der Waals surface area contributed by atoms with Gasteiger partial charge in [0, 0.05) is 24.7 Å². The predicted molar refractivity (Wildman–Crippen MR) is 77.1 cm³/mol. The second-order valence-electron chi connectivity index (χ2n) is 8.42. The van der Waals surface area contributed by atoms with Gasteiger partial charge in [0.2, 0.25) is 0 Å². The smallest absolute Gasteiger partial charge is 0.253 e. The van der Waals surface area contributed by atoms with E-state index in [2.05, 4.69) is 0 Å². The number of Topliss-reactive ketones (excluding diaryl/α,β-unsaturated/α-hetero) is 1. The maximum absolute atomic E-state index is 14.4. The molecule has 0 spiro atoms. The summed E-state index contributed by atoms with van der Waals surface area (Å²) < 4.78 is 28.7. The Kier molecular flexibility index (Phi) is 3.04. The van der Waals surface area contributed by atoms with Crippen LogP contribution in [0.5, 0.6) is 0 Å². The van der Waals surface area contributed by atoms with Gasteiger partial charge < -0.3 is 0 Å². The fourth-order valence-corrected chi connectivity index (χ4v) is 6.59. The van der Waals surface area contributed by atoms with Crippen LogP contribution in [-0.2, 0) is 4.79 Å². The number of hydrogen-bond donors (Lipinski definition) is 0. The van der Waals surface area contributed by atoms with Crippen molar-refractivity contribution in [3.8, 4) is 0 Å². The summed E-state index contributed by atoms with van der Waals surface area (Å²) >= 11 is 0. The zero-order valence-corrected chi connectivity index (χ0v) is 12.9. The monoisotopic (exact) mass is 296 g/mol. The molecule has 0 N–H and O–H groups in total. The van der Waals surface area contributed by atoms with Crippen molar-refractivity contribution in [1.82, 2.24) is 0 Å². The van der Waals surface area contributed by atoms with E-state index in [0.717, 1.165) is 44.9 Å². The molecular formula is C18H26F2O. The Morgan fingerprint density at radius 2 is 1.76 bits per heavy atom. The SMILES string of the molecule is C[C@]12CC[C@H]3[C@@H](CCC4CC(=O)CC[C@@H]43)[C@@H]1CCC2(F)F. The van der Waals surface area contributed by atoms with E-state index in [4.69, 9.17) is 0 Å². The molecule has 4 fully saturated rings. The highest BCUT2D eigenvalue weighted by Gasteiger charge is 2.64. The highest BCUT2D eigenvalue weighted by atomic mass is 19.3. The molecule has 0 aromatic rings. The number of hydrogen-bond acceptors (Lipinski definition) is 1. The number of ketones is 1.